The average molecular weight is 318 g/mol. The van der Waals surface area contributed by atoms with Crippen LogP contribution in [0.2, 0.25) is 0 Å². The number of carbonyl (C=O) groups is 1. The number of piperidine rings is 1. The van der Waals surface area contributed by atoms with Gasteiger partial charge >= 0.3 is 0 Å². The zero-order chi connectivity index (χ0) is 16.7. The molecular formula is C18H26N2O3. The molecule has 2 rings (SSSR count). The molecule has 1 aliphatic rings. The topological polar surface area (TPSA) is 50.8 Å². The van der Waals surface area contributed by atoms with Gasteiger partial charge in [0.25, 0.3) is 5.91 Å². The van der Waals surface area contributed by atoms with E-state index in [1.54, 1.807) is 7.11 Å². The lowest BCUT2D eigenvalue weighted by molar-refractivity contribution is -0.134. The van der Waals surface area contributed by atoms with Crippen molar-refractivity contribution in [1.29, 1.82) is 0 Å². The van der Waals surface area contributed by atoms with Gasteiger partial charge in [-0.05, 0) is 44.5 Å². The number of carbonyl (C=O) groups excluding carboxylic acids is 1. The van der Waals surface area contributed by atoms with E-state index in [4.69, 9.17) is 9.47 Å². The third-order valence-corrected chi connectivity index (χ3v) is 4.08. The fraction of sp³-hybridized carbons (Fsp3) is 0.500. The van der Waals surface area contributed by atoms with Gasteiger partial charge in [0.15, 0.2) is 18.1 Å². The molecule has 1 saturated heterocycles. The van der Waals surface area contributed by atoms with Gasteiger partial charge in [-0.25, -0.2) is 0 Å². The molecule has 1 fully saturated rings. The Morgan fingerprint density at radius 3 is 2.96 bits per heavy atom. The number of methoxy groups -OCH3 is 1. The summed E-state index contributed by atoms with van der Waals surface area (Å²) in [6.07, 6.45) is 6.09. The Kier molecular flexibility index (Phi) is 6.47. The second-order valence-electron chi connectivity index (χ2n) is 5.67. The number of nitrogens with zero attached hydrogens (tertiary/aromatic N) is 1. The molecule has 1 aliphatic heterocycles. The summed E-state index contributed by atoms with van der Waals surface area (Å²) < 4.78 is 11.0. The molecule has 5 heteroatoms. The highest BCUT2D eigenvalue weighted by molar-refractivity contribution is 5.78. The number of ether oxygens (including phenoxy) is 2. The predicted molar refractivity (Wildman–Crippen MR) is 91.9 cm³/mol. The lowest BCUT2D eigenvalue weighted by Gasteiger charge is -2.32. The van der Waals surface area contributed by atoms with Crippen molar-refractivity contribution in [2.24, 2.45) is 0 Å². The summed E-state index contributed by atoms with van der Waals surface area (Å²) in [6, 6.07) is 6.06. The maximum absolute atomic E-state index is 12.3. The monoisotopic (exact) mass is 318 g/mol. The molecule has 0 spiro atoms. The number of likely N-dealkylation sites (tertiary alicyclic amines) is 1. The molecule has 0 aliphatic carbocycles. The highest BCUT2D eigenvalue weighted by atomic mass is 16.5. The van der Waals surface area contributed by atoms with Crippen LogP contribution in [0.25, 0.3) is 6.08 Å². The molecule has 23 heavy (non-hydrogen) atoms. The molecule has 1 N–H and O–H groups in total. The second kappa shape index (κ2) is 8.58. The summed E-state index contributed by atoms with van der Waals surface area (Å²) in [4.78, 5) is 14.2. The van der Waals surface area contributed by atoms with Crippen LogP contribution in [0.3, 0.4) is 0 Å². The van der Waals surface area contributed by atoms with Crippen LogP contribution in [0, 0.1) is 0 Å². The second-order valence-corrected chi connectivity index (χ2v) is 5.67. The molecule has 0 radical (unpaired) electrons. The average Bonchev–Trinajstić information content (AvgIpc) is 2.60. The molecule has 0 bridgehead atoms. The van der Waals surface area contributed by atoms with Crippen LogP contribution in [-0.4, -0.2) is 50.7 Å². The van der Waals surface area contributed by atoms with E-state index in [-0.39, 0.29) is 12.5 Å². The predicted octanol–water partition coefficient (Wildman–Crippen LogP) is 2.32. The van der Waals surface area contributed by atoms with Gasteiger partial charge in [0, 0.05) is 19.1 Å². The lowest BCUT2D eigenvalue weighted by atomic mass is 10.1. The van der Waals surface area contributed by atoms with E-state index in [1.807, 2.05) is 49.2 Å². The fourth-order valence-electron chi connectivity index (χ4n) is 2.77. The number of nitrogens with one attached hydrogen (secondary N) is 1. The Morgan fingerprint density at radius 1 is 1.43 bits per heavy atom. The SMILES string of the molecule is CC=Cc1ccc(OCC(=O)N2CCCC(NC)C2)c(OC)c1. The molecular weight excluding hydrogens is 292 g/mol. The van der Waals surface area contributed by atoms with Crippen LogP contribution < -0.4 is 14.8 Å². The maximum atomic E-state index is 12.3. The van der Waals surface area contributed by atoms with Gasteiger partial charge < -0.3 is 19.7 Å². The number of hydrogen-bond donors (Lipinski definition) is 1. The number of hydrogen-bond acceptors (Lipinski definition) is 4. The van der Waals surface area contributed by atoms with Gasteiger partial charge in [0.2, 0.25) is 0 Å². The fourth-order valence-corrected chi connectivity index (χ4v) is 2.77. The van der Waals surface area contributed by atoms with Crippen LogP contribution in [0.5, 0.6) is 11.5 Å². The first-order valence-corrected chi connectivity index (χ1v) is 8.06. The third kappa shape index (κ3) is 4.73. The number of likely N-dealkylation sites (N-methyl/N-ethyl adjacent to an activating group) is 1. The molecule has 5 nitrogen and oxygen atoms in total. The van der Waals surface area contributed by atoms with E-state index in [0.29, 0.717) is 17.5 Å². The minimum Gasteiger partial charge on any atom is -0.493 e. The molecule has 0 aromatic heterocycles. The molecule has 1 amide bonds. The first-order valence-electron chi connectivity index (χ1n) is 8.06. The van der Waals surface area contributed by atoms with Gasteiger partial charge in [0.1, 0.15) is 0 Å². The molecule has 126 valence electrons. The van der Waals surface area contributed by atoms with Crippen molar-refractivity contribution in [3.63, 3.8) is 0 Å². The zero-order valence-electron chi connectivity index (χ0n) is 14.2. The summed E-state index contributed by atoms with van der Waals surface area (Å²) in [6.45, 7) is 3.55. The minimum absolute atomic E-state index is 0.0181. The third-order valence-electron chi connectivity index (χ3n) is 4.08. The van der Waals surface area contributed by atoms with Crippen molar-refractivity contribution in [2.45, 2.75) is 25.8 Å². The van der Waals surface area contributed by atoms with E-state index in [0.717, 1.165) is 31.5 Å². The molecule has 1 aromatic rings. The van der Waals surface area contributed by atoms with Crippen LogP contribution >= 0.6 is 0 Å². The summed E-state index contributed by atoms with van der Waals surface area (Å²) >= 11 is 0. The summed E-state index contributed by atoms with van der Waals surface area (Å²) in [5.41, 5.74) is 1.04. The zero-order valence-corrected chi connectivity index (χ0v) is 14.2. The van der Waals surface area contributed by atoms with E-state index in [9.17, 15) is 4.79 Å². The van der Waals surface area contributed by atoms with Crippen molar-refractivity contribution in [1.82, 2.24) is 10.2 Å². The summed E-state index contributed by atoms with van der Waals surface area (Å²) in [5, 5.41) is 3.24. The van der Waals surface area contributed by atoms with Gasteiger partial charge in [-0.15, -0.1) is 0 Å². The minimum atomic E-state index is 0.0181. The van der Waals surface area contributed by atoms with Crippen LogP contribution in [0.1, 0.15) is 25.3 Å². The van der Waals surface area contributed by atoms with Crippen molar-refractivity contribution >= 4 is 12.0 Å². The van der Waals surface area contributed by atoms with Crippen LogP contribution in [0.4, 0.5) is 0 Å². The standard InChI is InChI=1S/C18H26N2O3/c1-4-6-14-8-9-16(17(11-14)22-3)23-13-18(21)20-10-5-7-15(12-20)19-2/h4,6,8-9,11,15,19H,5,7,10,12-13H2,1-3H3. The van der Waals surface area contributed by atoms with Crippen molar-refractivity contribution < 1.29 is 14.3 Å². The summed E-state index contributed by atoms with van der Waals surface area (Å²) in [5.74, 6) is 1.25. The normalized spacial score (nSPS) is 18.2. The van der Waals surface area contributed by atoms with Gasteiger partial charge in [-0.2, -0.15) is 0 Å². The Balaban J connectivity index is 1.95. The van der Waals surface area contributed by atoms with E-state index in [2.05, 4.69) is 5.32 Å². The van der Waals surface area contributed by atoms with E-state index < -0.39 is 0 Å². The smallest absolute Gasteiger partial charge is 0.260 e. The van der Waals surface area contributed by atoms with Crippen molar-refractivity contribution in [3.05, 3.63) is 29.8 Å². The highest BCUT2D eigenvalue weighted by Gasteiger charge is 2.23. The Bertz CT molecular complexity index is 557. The molecule has 1 aromatic carbocycles. The Hall–Kier alpha value is -2.01. The highest BCUT2D eigenvalue weighted by Crippen LogP contribution is 2.28. The molecule has 0 saturated carbocycles. The molecule has 1 heterocycles. The van der Waals surface area contributed by atoms with Crippen LogP contribution in [0.15, 0.2) is 24.3 Å². The Labute approximate surface area is 138 Å². The summed E-state index contributed by atoms with van der Waals surface area (Å²) in [7, 11) is 3.54. The number of amides is 1. The van der Waals surface area contributed by atoms with Gasteiger partial charge in [-0.1, -0.05) is 18.2 Å². The van der Waals surface area contributed by atoms with Gasteiger partial charge in [-0.3, -0.25) is 4.79 Å². The number of allylic oxidation sites excluding steroid dienone is 1. The Morgan fingerprint density at radius 2 is 2.26 bits per heavy atom. The number of benzene rings is 1. The first-order chi connectivity index (χ1) is 11.2. The molecule has 1 atom stereocenters. The van der Waals surface area contributed by atoms with Crippen molar-refractivity contribution in [3.8, 4) is 11.5 Å². The van der Waals surface area contributed by atoms with Gasteiger partial charge in [0.05, 0.1) is 7.11 Å². The van der Waals surface area contributed by atoms with Crippen molar-refractivity contribution in [2.75, 3.05) is 33.9 Å². The largest absolute Gasteiger partial charge is 0.493 e. The van der Waals surface area contributed by atoms with Crippen LogP contribution in [-0.2, 0) is 4.79 Å². The van der Waals surface area contributed by atoms with E-state index in [1.165, 1.54) is 0 Å². The lowest BCUT2D eigenvalue weighted by Crippen LogP contribution is -2.48. The quantitative estimate of drug-likeness (QED) is 0.874. The maximum Gasteiger partial charge on any atom is 0.260 e. The number of rotatable bonds is 6. The van der Waals surface area contributed by atoms with E-state index >= 15 is 0 Å². The molecule has 1 unspecified atom stereocenters. The first kappa shape index (κ1) is 17.3.